The van der Waals surface area contributed by atoms with E-state index in [1.165, 1.54) is 16.7 Å². The minimum Gasteiger partial charge on any atom is -0.377 e. The zero-order valence-electron chi connectivity index (χ0n) is 9.49. The predicted molar refractivity (Wildman–Crippen MR) is 63.0 cm³/mol. The Bertz CT molecular complexity index is 351. The van der Waals surface area contributed by atoms with Crippen molar-refractivity contribution in [1.29, 1.82) is 0 Å². The maximum Gasteiger partial charge on any atom is 0.0685 e. The lowest BCUT2D eigenvalue weighted by atomic mass is 9.88. The van der Waals surface area contributed by atoms with Gasteiger partial charge in [-0.3, -0.25) is 0 Å². The van der Waals surface area contributed by atoms with E-state index in [-0.39, 0.29) is 0 Å². The smallest absolute Gasteiger partial charge is 0.0685 e. The molecule has 0 saturated heterocycles. The lowest BCUT2D eigenvalue weighted by Gasteiger charge is -2.24. The van der Waals surface area contributed by atoms with Gasteiger partial charge in [0.2, 0.25) is 0 Å². The molecule has 0 saturated carbocycles. The Morgan fingerprint density at radius 3 is 2.60 bits per heavy atom. The Labute approximate surface area is 91.8 Å². The summed E-state index contributed by atoms with van der Waals surface area (Å²) in [4.78, 5) is 0. The molecule has 2 rings (SSSR count). The van der Waals surface area contributed by atoms with Crippen molar-refractivity contribution in [3.63, 3.8) is 0 Å². The van der Waals surface area contributed by atoms with Crippen LogP contribution in [0.25, 0.3) is 0 Å². The fourth-order valence-electron chi connectivity index (χ4n) is 2.13. The van der Waals surface area contributed by atoms with Crippen LogP contribution in [0.15, 0.2) is 41.5 Å². The molecule has 0 spiro atoms. The first kappa shape index (κ1) is 10.4. The van der Waals surface area contributed by atoms with Crippen molar-refractivity contribution >= 4 is 0 Å². The van der Waals surface area contributed by atoms with Crippen molar-refractivity contribution in [2.75, 3.05) is 13.2 Å². The number of rotatable bonds is 2. The first-order chi connectivity index (χ1) is 7.29. The summed E-state index contributed by atoms with van der Waals surface area (Å²) in [5.41, 5.74) is 4.36. The van der Waals surface area contributed by atoms with Crippen molar-refractivity contribution in [2.45, 2.75) is 26.2 Å². The van der Waals surface area contributed by atoms with E-state index in [9.17, 15) is 0 Å². The standard InChI is InChI=1S/C14H18O/c1-11-8-9-15-10-14(11)12(2)13-6-4-3-5-7-13/h3-7,12H,8-10H2,1-2H3. The molecule has 1 aliphatic rings. The molecule has 0 fully saturated rings. The second-order valence-electron chi connectivity index (χ2n) is 4.24. The summed E-state index contributed by atoms with van der Waals surface area (Å²) < 4.78 is 5.54. The Balaban J connectivity index is 2.24. The van der Waals surface area contributed by atoms with Gasteiger partial charge in [0.1, 0.15) is 0 Å². The molecule has 0 radical (unpaired) electrons. The molecule has 0 bridgehead atoms. The molecule has 1 nitrogen and oxygen atoms in total. The van der Waals surface area contributed by atoms with Crippen molar-refractivity contribution in [1.82, 2.24) is 0 Å². The second kappa shape index (κ2) is 4.63. The largest absolute Gasteiger partial charge is 0.377 e. The Kier molecular flexibility index (Phi) is 3.22. The van der Waals surface area contributed by atoms with Crippen LogP contribution in [-0.2, 0) is 4.74 Å². The third kappa shape index (κ3) is 2.29. The Morgan fingerprint density at radius 2 is 1.93 bits per heavy atom. The van der Waals surface area contributed by atoms with Crippen LogP contribution in [-0.4, -0.2) is 13.2 Å². The van der Waals surface area contributed by atoms with Gasteiger partial charge in [-0.05, 0) is 24.5 Å². The van der Waals surface area contributed by atoms with Gasteiger partial charge in [0.05, 0.1) is 13.2 Å². The molecule has 1 aromatic carbocycles. The number of hydrogen-bond donors (Lipinski definition) is 0. The summed E-state index contributed by atoms with van der Waals surface area (Å²) in [6.45, 7) is 6.19. The average molecular weight is 202 g/mol. The van der Waals surface area contributed by atoms with Gasteiger partial charge in [-0.25, -0.2) is 0 Å². The highest BCUT2D eigenvalue weighted by Crippen LogP contribution is 2.29. The first-order valence-electron chi connectivity index (χ1n) is 5.60. The molecule has 1 aliphatic heterocycles. The second-order valence-corrected chi connectivity index (χ2v) is 4.24. The molecule has 0 amide bonds. The lowest BCUT2D eigenvalue weighted by molar-refractivity contribution is 0.142. The topological polar surface area (TPSA) is 9.23 Å². The van der Waals surface area contributed by atoms with Crippen LogP contribution >= 0.6 is 0 Å². The van der Waals surface area contributed by atoms with Crippen molar-refractivity contribution in [3.8, 4) is 0 Å². The van der Waals surface area contributed by atoms with Crippen LogP contribution in [0.3, 0.4) is 0 Å². The summed E-state index contributed by atoms with van der Waals surface area (Å²) in [5, 5.41) is 0. The summed E-state index contributed by atoms with van der Waals surface area (Å²) >= 11 is 0. The number of ether oxygens (including phenoxy) is 1. The van der Waals surface area contributed by atoms with Gasteiger partial charge in [-0.15, -0.1) is 0 Å². The summed E-state index contributed by atoms with van der Waals surface area (Å²) in [6.07, 6.45) is 1.09. The summed E-state index contributed by atoms with van der Waals surface area (Å²) in [6, 6.07) is 10.7. The summed E-state index contributed by atoms with van der Waals surface area (Å²) in [7, 11) is 0. The fourth-order valence-corrected chi connectivity index (χ4v) is 2.13. The highest BCUT2D eigenvalue weighted by molar-refractivity contribution is 5.31. The Hall–Kier alpha value is -1.08. The number of hydrogen-bond acceptors (Lipinski definition) is 1. The highest BCUT2D eigenvalue weighted by Gasteiger charge is 2.16. The SMILES string of the molecule is CC1=C(C(C)c2ccccc2)COCC1. The van der Waals surface area contributed by atoms with E-state index >= 15 is 0 Å². The average Bonchev–Trinajstić information content (AvgIpc) is 2.30. The zero-order chi connectivity index (χ0) is 10.7. The Morgan fingerprint density at radius 1 is 1.20 bits per heavy atom. The van der Waals surface area contributed by atoms with Gasteiger partial charge in [0.15, 0.2) is 0 Å². The van der Waals surface area contributed by atoms with Gasteiger partial charge in [0.25, 0.3) is 0 Å². The van der Waals surface area contributed by atoms with E-state index < -0.39 is 0 Å². The van der Waals surface area contributed by atoms with Gasteiger partial charge in [0, 0.05) is 5.92 Å². The van der Waals surface area contributed by atoms with E-state index in [1.54, 1.807) is 0 Å². The lowest BCUT2D eigenvalue weighted by Crippen LogP contribution is -2.14. The molecular weight excluding hydrogens is 184 g/mol. The molecule has 1 unspecified atom stereocenters. The van der Waals surface area contributed by atoms with Gasteiger partial charge < -0.3 is 4.74 Å². The molecule has 1 heterocycles. The van der Waals surface area contributed by atoms with Gasteiger partial charge >= 0.3 is 0 Å². The molecule has 1 atom stereocenters. The van der Waals surface area contributed by atoms with Crippen LogP contribution < -0.4 is 0 Å². The third-order valence-electron chi connectivity index (χ3n) is 3.25. The van der Waals surface area contributed by atoms with E-state index in [1.807, 2.05) is 0 Å². The normalized spacial score (nSPS) is 19.1. The molecule has 80 valence electrons. The minimum atomic E-state index is 0.492. The van der Waals surface area contributed by atoms with Crippen LogP contribution in [0.1, 0.15) is 31.7 Å². The molecule has 0 aromatic heterocycles. The van der Waals surface area contributed by atoms with Gasteiger partial charge in [-0.2, -0.15) is 0 Å². The van der Waals surface area contributed by atoms with E-state index in [4.69, 9.17) is 4.74 Å². The monoisotopic (exact) mass is 202 g/mol. The van der Waals surface area contributed by atoms with Gasteiger partial charge in [-0.1, -0.05) is 42.8 Å². The van der Waals surface area contributed by atoms with Crippen LogP contribution in [0.4, 0.5) is 0 Å². The predicted octanol–water partition coefficient (Wildman–Crippen LogP) is 3.53. The maximum atomic E-state index is 5.54. The maximum absolute atomic E-state index is 5.54. The van der Waals surface area contributed by atoms with E-state index in [2.05, 4.69) is 44.2 Å². The van der Waals surface area contributed by atoms with Crippen molar-refractivity contribution in [3.05, 3.63) is 47.0 Å². The van der Waals surface area contributed by atoms with Crippen LogP contribution in [0.2, 0.25) is 0 Å². The summed E-state index contributed by atoms with van der Waals surface area (Å²) in [5.74, 6) is 0.492. The highest BCUT2D eigenvalue weighted by atomic mass is 16.5. The first-order valence-corrected chi connectivity index (χ1v) is 5.60. The molecule has 0 N–H and O–H groups in total. The minimum absolute atomic E-state index is 0.492. The van der Waals surface area contributed by atoms with Crippen molar-refractivity contribution < 1.29 is 4.74 Å². The fraction of sp³-hybridized carbons (Fsp3) is 0.429. The molecule has 1 aromatic rings. The van der Waals surface area contributed by atoms with Crippen LogP contribution in [0, 0.1) is 0 Å². The molecular formula is C14H18O. The quantitative estimate of drug-likeness (QED) is 0.667. The molecule has 0 aliphatic carbocycles. The third-order valence-corrected chi connectivity index (χ3v) is 3.25. The van der Waals surface area contributed by atoms with Crippen molar-refractivity contribution in [2.24, 2.45) is 0 Å². The van der Waals surface area contributed by atoms with Crippen LogP contribution in [0.5, 0.6) is 0 Å². The molecule has 15 heavy (non-hydrogen) atoms. The number of benzene rings is 1. The van der Waals surface area contributed by atoms with E-state index in [0.717, 1.165) is 19.6 Å². The van der Waals surface area contributed by atoms with E-state index in [0.29, 0.717) is 5.92 Å². The zero-order valence-corrected chi connectivity index (χ0v) is 9.49. The molecule has 1 heteroatoms.